The summed E-state index contributed by atoms with van der Waals surface area (Å²) >= 11 is 3.41. The molecule has 0 saturated carbocycles. The van der Waals surface area contributed by atoms with Crippen LogP contribution in [-0.4, -0.2) is 4.57 Å². The lowest BCUT2D eigenvalue weighted by molar-refractivity contribution is 0.907. The molecular weight excluding hydrogens is 244 g/mol. The van der Waals surface area contributed by atoms with Crippen molar-refractivity contribution in [2.24, 2.45) is 7.05 Å². The summed E-state index contributed by atoms with van der Waals surface area (Å²) in [6, 6.07) is 7.44. The van der Waals surface area contributed by atoms with Gasteiger partial charge in [0.1, 0.15) is 0 Å². The van der Waals surface area contributed by atoms with E-state index in [4.69, 9.17) is 5.73 Å². The van der Waals surface area contributed by atoms with Crippen molar-refractivity contribution in [2.45, 2.75) is 0 Å². The number of aromatic nitrogens is 1. The van der Waals surface area contributed by atoms with Gasteiger partial charge in [-0.1, -0.05) is 12.1 Å². The van der Waals surface area contributed by atoms with Gasteiger partial charge < -0.3 is 10.3 Å². The summed E-state index contributed by atoms with van der Waals surface area (Å²) in [4.78, 5) is 11.6. The maximum absolute atomic E-state index is 11.6. The molecule has 0 fully saturated rings. The van der Waals surface area contributed by atoms with Crippen molar-refractivity contribution >= 4 is 32.5 Å². The third kappa shape index (κ3) is 1.23. The van der Waals surface area contributed by atoms with E-state index in [1.807, 2.05) is 18.2 Å². The molecule has 0 radical (unpaired) electrons. The number of nitrogen functional groups attached to an aromatic ring is 1. The first-order valence-electron chi connectivity index (χ1n) is 4.15. The van der Waals surface area contributed by atoms with Gasteiger partial charge in [-0.25, -0.2) is 0 Å². The lowest BCUT2D eigenvalue weighted by Gasteiger charge is -2.07. The molecule has 0 atom stereocenters. The molecule has 2 aromatic rings. The summed E-state index contributed by atoms with van der Waals surface area (Å²) < 4.78 is 2.45. The average Bonchev–Trinajstić information content (AvgIpc) is 2.14. The van der Waals surface area contributed by atoms with Crippen molar-refractivity contribution in [2.75, 3.05) is 5.73 Å². The van der Waals surface area contributed by atoms with Gasteiger partial charge in [0.05, 0.1) is 11.2 Å². The van der Waals surface area contributed by atoms with E-state index in [-0.39, 0.29) is 11.2 Å². The zero-order valence-corrected chi connectivity index (χ0v) is 9.21. The standard InChI is InChI=1S/C10H9BrN2O/c1-13-9-6(3-2-4-7(9)11)5-8(12)10(13)14/h2-5H,12H2,1H3. The van der Waals surface area contributed by atoms with Crippen molar-refractivity contribution in [3.63, 3.8) is 0 Å². The van der Waals surface area contributed by atoms with Crippen molar-refractivity contribution in [3.8, 4) is 0 Å². The number of pyridine rings is 1. The van der Waals surface area contributed by atoms with E-state index >= 15 is 0 Å². The Morgan fingerprint density at radius 3 is 2.86 bits per heavy atom. The van der Waals surface area contributed by atoms with Crippen LogP contribution in [0.25, 0.3) is 10.9 Å². The highest BCUT2D eigenvalue weighted by atomic mass is 79.9. The normalized spacial score (nSPS) is 10.7. The number of benzene rings is 1. The van der Waals surface area contributed by atoms with E-state index in [0.717, 1.165) is 15.4 Å². The molecular formula is C10H9BrN2O. The number of fused-ring (bicyclic) bond motifs is 1. The van der Waals surface area contributed by atoms with Gasteiger partial charge in [-0.15, -0.1) is 0 Å². The number of rotatable bonds is 0. The lowest BCUT2D eigenvalue weighted by atomic mass is 10.2. The Balaban J connectivity index is 3.07. The first kappa shape index (κ1) is 9.27. The number of nitrogens with zero attached hydrogens (tertiary/aromatic N) is 1. The summed E-state index contributed by atoms with van der Waals surface area (Å²) in [5.41, 5.74) is 6.57. The van der Waals surface area contributed by atoms with Gasteiger partial charge in [0.15, 0.2) is 0 Å². The molecule has 3 nitrogen and oxygen atoms in total. The van der Waals surface area contributed by atoms with Crippen LogP contribution in [0.5, 0.6) is 0 Å². The molecule has 0 aliphatic carbocycles. The van der Waals surface area contributed by atoms with Crippen LogP contribution in [0.15, 0.2) is 33.5 Å². The molecule has 0 aliphatic rings. The molecule has 14 heavy (non-hydrogen) atoms. The minimum Gasteiger partial charge on any atom is -0.394 e. The summed E-state index contributed by atoms with van der Waals surface area (Å²) in [7, 11) is 1.71. The Morgan fingerprint density at radius 2 is 2.14 bits per heavy atom. The number of anilines is 1. The van der Waals surface area contributed by atoms with Crippen LogP contribution in [0.3, 0.4) is 0 Å². The number of hydrogen-bond donors (Lipinski definition) is 1. The fraction of sp³-hybridized carbons (Fsp3) is 0.100. The molecule has 0 unspecified atom stereocenters. The third-order valence-electron chi connectivity index (χ3n) is 2.22. The van der Waals surface area contributed by atoms with Crippen LogP contribution in [0.4, 0.5) is 5.69 Å². The Hall–Kier alpha value is -1.29. The molecule has 72 valence electrons. The highest BCUT2D eigenvalue weighted by Crippen LogP contribution is 2.22. The first-order valence-corrected chi connectivity index (χ1v) is 4.94. The van der Waals surface area contributed by atoms with Crippen molar-refractivity contribution < 1.29 is 0 Å². The van der Waals surface area contributed by atoms with Crippen molar-refractivity contribution in [3.05, 3.63) is 39.1 Å². The van der Waals surface area contributed by atoms with Crippen LogP contribution < -0.4 is 11.3 Å². The summed E-state index contributed by atoms with van der Waals surface area (Å²) in [6.07, 6.45) is 0. The van der Waals surface area contributed by atoms with E-state index in [9.17, 15) is 4.79 Å². The van der Waals surface area contributed by atoms with Crippen LogP contribution >= 0.6 is 15.9 Å². The molecule has 1 aromatic carbocycles. The summed E-state index contributed by atoms with van der Waals surface area (Å²) in [5, 5.41) is 0.957. The molecule has 1 aromatic heterocycles. The fourth-order valence-electron chi connectivity index (χ4n) is 1.53. The Kier molecular flexibility index (Phi) is 2.07. The predicted molar refractivity (Wildman–Crippen MR) is 61.3 cm³/mol. The van der Waals surface area contributed by atoms with Gasteiger partial charge in [-0.05, 0) is 28.1 Å². The smallest absolute Gasteiger partial charge is 0.273 e. The Bertz CT molecular complexity index is 560. The molecule has 0 bridgehead atoms. The van der Waals surface area contributed by atoms with Crippen LogP contribution in [0.2, 0.25) is 0 Å². The van der Waals surface area contributed by atoms with Crippen LogP contribution in [-0.2, 0) is 7.05 Å². The number of nitrogens with two attached hydrogens (primary N) is 1. The Labute approximate surface area is 89.3 Å². The number of aryl methyl sites for hydroxylation is 1. The van der Waals surface area contributed by atoms with Gasteiger partial charge in [0.2, 0.25) is 0 Å². The monoisotopic (exact) mass is 252 g/mol. The fourth-order valence-corrected chi connectivity index (χ4v) is 2.17. The second-order valence-corrected chi connectivity index (χ2v) is 4.00. The second kappa shape index (κ2) is 3.13. The maximum Gasteiger partial charge on any atom is 0.273 e. The van der Waals surface area contributed by atoms with Gasteiger partial charge in [-0.3, -0.25) is 4.79 Å². The number of hydrogen-bond acceptors (Lipinski definition) is 2. The van der Waals surface area contributed by atoms with Gasteiger partial charge in [-0.2, -0.15) is 0 Å². The molecule has 0 spiro atoms. The quantitative estimate of drug-likeness (QED) is 0.779. The zero-order chi connectivity index (χ0) is 10.3. The molecule has 1 heterocycles. The topological polar surface area (TPSA) is 48.0 Å². The first-order chi connectivity index (χ1) is 6.61. The maximum atomic E-state index is 11.6. The van der Waals surface area contributed by atoms with Gasteiger partial charge in [0.25, 0.3) is 5.56 Å². The predicted octanol–water partition coefficient (Wildman–Crippen LogP) is 1.88. The molecule has 2 N–H and O–H groups in total. The van der Waals surface area contributed by atoms with E-state index < -0.39 is 0 Å². The second-order valence-electron chi connectivity index (χ2n) is 3.14. The minimum atomic E-state index is -0.163. The summed E-state index contributed by atoms with van der Waals surface area (Å²) in [6.45, 7) is 0. The molecule has 0 amide bonds. The van der Waals surface area contributed by atoms with E-state index in [1.165, 1.54) is 0 Å². The number of para-hydroxylation sites is 1. The van der Waals surface area contributed by atoms with Crippen LogP contribution in [0, 0.1) is 0 Å². The average molecular weight is 253 g/mol. The van der Waals surface area contributed by atoms with Crippen LogP contribution in [0.1, 0.15) is 0 Å². The largest absolute Gasteiger partial charge is 0.394 e. The zero-order valence-electron chi connectivity index (χ0n) is 7.62. The van der Waals surface area contributed by atoms with Crippen molar-refractivity contribution in [1.82, 2.24) is 4.57 Å². The molecule has 0 saturated heterocycles. The number of halogens is 1. The highest BCUT2D eigenvalue weighted by molar-refractivity contribution is 9.10. The van der Waals surface area contributed by atoms with Crippen molar-refractivity contribution in [1.29, 1.82) is 0 Å². The Morgan fingerprint density at radius 1 is 1.43 bits per heavy atom. The van der Waals surface area contributed by atoms with E-state index in [0.29, 0.717) is 0 Å². The molecule has 2 rings (SSSR count). The lowest BCUT2D eigenvalue weighted by Crippen LogP contribution is -2.20. The highest BCUT2D eigenvalue weighted by Gasteiger charge is 2.05. The van der Waals surface area contributed by atoms with Gasteiger partial charge >= 0.3 is 0 Å². The SMILES string of the molecule is Cn1c(=O)c(N)cc2cccc(Br)c21. The molecule has 0 aliphatic heterocycles. The summed E-state index contributed by atoms with van der Waals surface area (Å²) in [5.74, 6) is 0. The van der Waals surface area contributed by atoms with Gasteiger partial charge in [0, 0.05) is 16.9 Å². The van der Waals surface area contributed by atoms with E-state index in [1.54, 1.807) is 17.7 Å². The molecule has 4 heteroatoms. The van der Waals surface area contributed by atoms with E-state index in [2.05, 4.69) is 15.9 Å². The minimum absolute atomic E-state index is 0.163. The third-order valence-corrected chi connectivity index (χ3v) is 2.86.